The lowest BCUT2D eigenvalue weighted by molar-refractivity contribution is -0.0394. The second-order valence-corrected chi connectivity index (χ2v) is 5.93. The minimum Gasteiger partial charge on any atom is -0.349 e. The summed E-state index contributed by atoms with van der Waals surface area (Å²) in [5.41, 5.74) is -1.41. The van der Waals surface area contributed by atoms with Crippen LogP contribution in [0.3, 0.4) is 0 Å². The van der Waals surface area contributed by atoms with Crippen molar-refractivity contribution in [3.63, 3.8) is 0 Å². The van der Waals surface area contributed by atoms with Crippen LogP contribution in [0.25, 0.3) is 0 Å². The molecule has 12 heteroatoms. The van der Waals surface area contributed by atoms with Crippen molar-refractivity contribution in [1.29, 1.82) is 0 Å². The zero-order valence-electron chi connectivity index (χ0n) is 12.3. The molecule has 1 aliphatic rings. The van der Waals surface area contributed by atoms with Gasteiger partial charge in [0.05, 0.1) is 19.9 Å². The van der Waals surface area contributed by atoms with Gasteiger partial charge < -0.3 is 9.63 Å². The molecule has 0 spiro atoms. The van der Waals surface area contributed by atoms with Crippen molar-refractivity contribution in [3.05, 3.63) is 33.1 Å². The fraction of sp³-hybridized carbons (Fsp3) is 0.636. The Balaban J connectivity index is 0.00000127. The van der Waals surface area contributed by atoms with Crippen LogP contribution >= 0.6 is 7.82 Å². The molecule has 2 N–H and O–H groups in total. The van der Waals surface area contributed by atoms with Crippen LogP contribution in [0.5, 0.6) is 0 Å². The van der Waals surface area contributed by atoms with E-state index in [9.17, 15) is 22.9 Å². The Labute approximate surface area is 129 Å². The highest BCUT2D eigenvalue weighted by atomic mass is 31.2. The van der Waals surface area contributed by atoms with Crippen LogP contribution in [-0.2, 0) is 18.3 Å². The molecule has 1 aromatic rings. The lowest BCUT2D eigenvalue weighted by atomic mass is 10.2. The number of hydrogen-bond donors (Lipinski definition) is 2. The van der Waals surface area contributed by atoms with E-state index < -0.39 is 37.6 Å². The number of alkyl halides is 2. The van der Waals surface area contributed by atoms with Gasteiger partial charge in [-0.2, -0.15) is 0 Å². The van der Waals surface area contributed by atoms with Gasteiger partial charge in [0, 0.05) is 25.8 Å². The first-order chi connectivity index (χ1) is 10.8. The van der Waals surface area contributed by atoms with E-state index in [1.807, 2.05) is 4.98 Å². The number of H-pyrrole nitrogens is 1. The number of aromatic nitrogens is 2. The monoisotopic (exact) mass is 358 g/mol. The number of halogens is 2. The molecule has 4 unspecified atom stereocenters. The predicted octanol–water partition coefficient (Wildman–Crippen LogP) is 0.511. The summed E-state index contributed by atoms with van der Waals surface area (Å²) in [5, 5.41) is 0. The Morgan fingerprint density at radius 1 is 1.52 bits per heavy atom. The first-order valence-corrected chi connectivity index (χ1v) is 7.84. The molecule has 0 amide bonds. The SMILES string of the molecule is CF.COP(=O)(O)OCC1CC(F)C(n2ccc(=O)[nH]c2=O)O1. The molecule has 0 radical (unpaired) electrons. The van der Waals surface area contributed by atoms with E-state index in [0.717, 1.165) is 23.9 Å². The lowest BCUT2D eigenvalue weighted by Crippen LogP contribution is -2.34. The van der Waals surface area contributed by atoms with E-state index in [4.69, 9.17) is 9.63 Å². The van der Waals surface area contributed by atoms with Crippen molar-refractivity contribution in [2.75, 3.05) is 20.9 Å². The predicted molar refractivity (Wildman–Crippen MR) is 74.6 cm³/mol. The van der Waals surface area contributed by atoms with Crippen molar-refractivity contribution in [3.8, 4) is 0 Å². The number of rotatable bonds is 5. The molecule has 9 nitrogen and oxygen atoms in total. The zero-order chi connectivity index (χ0) is 17.6. The van der Waals surface area contributed by atoms with Crippen LogP contribution in [0.4, 0.5) is 8.78 Å². The first-order valence-electron chi connectivity index (χ1n) is 6.34. The number of nitrogens with one attached hydrogen (secondary N) is 1. The van der Waals surface area contributed by atoms with Crippen LogP contribution in [0.2, 0.25) is 0 Å². The summed E-state index contributed by atoms with van der Waals surface area (Å²) in [6.07, 6.45) is -2.58. The molecule has 0 bridgehead atoms. The third-order valence-electron chi connectivity index (χ3n) is 2.91. The summed E-state index contributed by atoms with van der Waals surface area (Å²) in [4.78, 5) is 33.6. The van der Waals surface area contributed by atoms with E-state index >= 15 is 0 Å². The van der Waals surface area contributed by atoms with Gasteiger partial charge in [-0.05, 0) is 0 Å². The molecule has 4 atom stereocenters. The Morgan fingerprint density at radius 3 is 2.74 bits per heavy atom. The molecule has 1 fully saturated rings. The summed E-state index contributed by atoms with van der Waals surface area (Å²) in [5.74, 6) is 0. The normalized spacial score (nSPS) is 26.2. The van der Waals surface area contributed by atoms with E-state index in [1.165, 1.54) is 0 Å². The number of phosphoric ester groups is 1. The molecule has 2 heterocycles. The Kier molecular flexibility index (Phi) is 7.23. The summed E-state index contributed by atoms with van der Waals surface area (Å²) in [7, 11) is -2.67. The number of aromatic amines is 1. The van der Waals surface area contributed by atoms with E-state index in [-0.39, 0.29) is 13.0 Å². The summed E-state index contributed by atoms with van der Waals surface area (Å²) in [6, 6.07) is 1.06. The van der Waals surface area contributed by atoms with Gasteiger partial charge in [0.2, 0.25) is 0 Å². The summed E-state index contributed by atoms with van der Waals surface area (Å²) in [6.45, 7) is -0.364. The van der Waals surface area contributed by atoms with Crippen LogP contribution in [0.15, 0.2) is 21.9 Å². The zero-order valence-corrected chi connectivity index (χ0v) is 13.2. The van der Waals surface area contributed by atoms with Gasteiger partial charge in [-0.3, -0.25) is 27.8 Å². The number of nitrogens with zero attached hydrogens (tertiary/aromatic N) is 1. The molecule has 0 aliphatic carbocycles. The average Bonchev–Trinajstić information content (AvgIpc) is 2.88. The van der Waals surface area contributed by atoms with Gasteiger partial charge in [0.15, 0.2) is 6.23 Å². The molecule has 1 saturated heterocycles. The summed E-state index contributed by atoms with van der Waals surface area (Å²) < 4.78 is 49.5. The Hall–Kier alpha value is -1.39. The van der Waals surface area contributed by atoms with Gasteiger partial charge >= 0.3 is 13.5 Å². The van der Waals surface area contributed by atoms with Crippen molar-refractivity contribution in [1.82, 2.24) is 9.55 Å². The lowest BCUT2D eigenvalue weighted by Gasteiger charge is -2.16. The van der Waals surface area contributed by atoms with Gasteiger partial charge in [-0.1, -0.05) is 0 Å². The highest BCUT2D eigenvalue weighted by Gasteiger charge is 2.38. The smallest absolute Gasteiger partial charge is 0.349 e. The third kappa shape index (κ3) is 5.33. The van der Waals surface area contributed by atoms with Crippen molar-refractivity contribution < 1.29 is 32.0 Å². The largest absolute Gasteiger partial charge is 0.472 e. The van der Waals surface area contributed by atoms with E-state index in [1.54, 1.807) is 0 Å². The number of ether oxygens (including phenoxy) is 1. The van der Waals surface area contributed by atoms with E-state index in [0.29, 0.717) is 7.18 Å². The molecule has 2 rings (SSSR count). The quantitative estimate of drug-likeness (QED) is 0.736. The highest BCUT2D eigenvalue weighted by Crippen LogP contribution is 2.43. The second-order valence-electron chi connectivity index (χ2n) is 4.36. The molecule has 1 aliphatic heterocycles. The molecule has 0 aromatic carbocycles. The molecular formula is C11H17F2N2O7P. The number of hydrogen-bond acceptors (Lipinski definition) is 6. The van der Waals surface area contributed by atoms with E-state index in [2.05, 4.69) is 9.05 Å². The Morgan fingerprint density at radius 2 is 2.17 bits per heavy atom. The van der Waals surface area contributed by atoms with Gasteiger partial charge in [-0.25, -0.2) is 13.8 Å². The fourth-order valence-electron chi connectivity index (χ4n) is 1.91. The summed E-state index contributed by atoms with van der Waals surface area (Å²) >= 11 is 0. The topological polar surface area (TPSA) is 120 Å². The number of phosphoric acid groups is 1. The minimum absolute atomic E-state index is 0.125. The van der Waals surface area contributed by atoms with Crippen molar-refractivity contribution in [2.24, 2.45) is 0 Å². The maximum Gasteiger partial charge on any atom is 0.472 e. The van der Waals surface area contributed by atoms with Crippen LogP contribution in [0, 0.1) is 0 Å². The van der Waals surface area contributed by atoms with Crippen molar-refractivity contribution >= 4 is 7.82 Å². The Bertz CT molecular complexity index is 664. The maximum atomic E-state index is 13.9. The van der Waals surface area contributed by atoms with Crippen molar-refractivity contribution in [2.45, 2.75) is 24.9 Å². The van der Waals surface area contributed by atoms with Crippen LogP contribution in [0.1, 0.15) is 12.6 Å². The molecule has 132 valence electrons. The molecule has 1 aromatic heterocycles. The second kappa shape index (κ2) is 8.46. The fourth-order valence-corrected chi connectivity index (χ4v) is 2.37. The maximum absolute atomic E-state index is 13.9. The van der Waals surface area contributed by atoms with Crippen LogP contribution in [-0.4, -0.2) is 47.6 Å². The molecular weight excluding hydrogens is 341 g/mol. The molecule has 23 heavy (non-hydrogen) atoms. The van der Waals surface area contributed by atoms with Crippen LogP contribution < -0.4 is 11.2 Å². The molecule has 0 saturated carbocycles. The van der Waals surface area contributed by atoms with Gasteiger partial charge in [-0.15, -0.1) is 0 Å². The van der Waals surface area contributed by atoms with Gasteiger partial charge in [0.1, 0.15) is 6.17 Å². The first kappa shape index (κ1) is 19.7. The highest BCUT2D eigenvalue weighted by molar-refractivity contribution is 7.47. The van der Waals surface area contributed by atoms with Gasteiger partial charge in [0.25, 0.3) is 5.56 Å². The minimum atomic E-state index is -4.17. The third-order valence-corrected chi connectivity index (χ3v) is 3.85. The average molecular weight is 358 g/mol. The standard InChI is InChI=1S/C10H14FN2O7P.CH3F/c1-18-21(16,17)19-5-6-4-7(11)9(20-6)13-3-2-8(14)12-10(13)15;1-2/h2-3,6-7,9H,4-5H2,1H3,(H,16,17)(H,12,14,15);1H3.